The van der Waals surface area contributed by atoms with Crippen molar-refractivity contribution in [3.05, 3.63) is 35.2 Å². The third-order valence-corrected chi connectivity index (χ3v) is 5.04. The van der Waals surface area contributed by atoms with E-state index in [1.807, 2.05) is 0 Å². The van der Waals surface area contributed by atoms with Crippen molar-refractivity contribution in [3.8, 4) is 0 Å². The number of ether oxygens (including phenoxy) is 1. The summed E-state index contributed by atoms with van der Waals surface area (Å²) in [5, 5.41) is 0. The summed E-state index contributed by atoms with van der Waals surface area (Å²) >= 11 is 0. The molecule has 11 heteroatoms. The molecule has 0 unspecified atom stereocenters. The van der Waals surface area contributed by atoms with Crippen molar-refractivity contribution in [2.75, 3.05) is 31.3 Å². The van der Waals surface area contributed by atoms with Gasteiger partial charge in [-0.1, -0.05) is 13.0 Å². The molecule has 2 rings (SSSR count). The van der Waals surface area contributed by atoms with Gasteiger partial charge in [-0.3, -0.25) is 0 Å². The number of sulfonamides is 1. The number of hydrogen-bond acceptors (Lipinski definition) is 9. The standard InChI is InChI=1S/C16H22N6O4S/c1-5-18-27(24,25)11-7-6-10(2)12(8-11)14(23)26-9-13-19-15(17)21-16(20-13)22(3)4/h6-8,18H,5,9H2,1-4H3,(H2,17,19,20,21). The molecule has 10 nitrogen and oxygen atoms in total. The average molecular weight is 394 g/mol. The van der Waals surface area contributed by atoms with Gasteiger partial charge in [0.15, 0.2) is 12.4 Å². The first kappa shape index (κ1) is 20.5. The van der Waals surface area contributed by atoms with Crippen molar-refractivity contribution >= 4 is 27.9 Å². The highest BCUT2D eigenvalue weighted by Gasteiger charge is 2.19. The molecule has 27 heavy (non-hydrogen) atoms. The minimum Gasteiger partial charge on any atom is -0.454 e. The molecule has 0 spiro atoms. The van der Waals surface area contributed by atoms with Crippen LogP contribution in [0.25, 0.3) is 0 Å². The molecule has 1 aromatic carbocycles. The van der Waals surface area contributed by atoms with Crippen LogP contribution in [0.2, 0.25) is 0 Å². The third-order valence-electron chi connectivity index (χ3n) is 3.49. The Labute approximate surface area is 157 Å². The summed E-state index contributed by atoms with van der Waals surface area (Å²) in [6.45, 7) is 3.37. The maximum Gasteiger partial charge on any atom is 0.338 e. The van der Waals surface area contributed by atoms with Crippen LogP contribution in [0.3, 0.4) is 0 Å². The number of carbonyl (C=O) groups excluding carboxylic acids is 1. The van der Waals surface area contributed by atoms with E-state index in [0.29, 0.717) is 11.5 Å². The summed E-state index contributed by atoms with van der Waals surface area (Å²) in [5.74, 6) is -0.154. The zero-order valence-electron chi connectivity index (χ0n) is 15.6. The van der Waals surface area contributed by atoms with E-state index in [4.69, 9.17) is 10.5 Å². The summed E-state index contributed by atoms with van der Waals surface area (Å²) in [6, 6.07) is 4.26. The Morgan fingerprint density at radius 3 is 2.59 bits per heavy atom. The van der Waals surface area contributed by atoms with Gasteiger partial charge in [-0.2, -0.15) is 15.0 Å². The largest absolute Gasteiger partial charge is 0.454 e. The fourth-order valence-electron chi connectivity index (χ4n) is 2.16. The number of hydrogen-bond donors (Lipinski definition) is 2. The minimum atomic E-state index is -3.68. The molecule has 0 atom stereocenters. The van der Waals surface area contributed by atoms with E-state index in [-0.39, 0.29) is 35.4 Å². The first-order valence-electron chi connectivity index (χ1n) is 8.09. The molecule has 1 aromatic heterocycles. The zero-order valence-corrected chi connectivity index (χ0v) is 16.4. The van der Waals surface area contributed by atoms with Gasteiger partial charge in [0.2, 0.25) is 21.9 Å². The number of aromatic nitrogens is 3. The normalized spacial score (nSPS) is 11.3. The van der Waals surface area contributed by atoms with Crippen molar-refractivity contribution in [3.63, 3.8) is 0 Å². The van der Waals surface area contributed by atoms with Crippen LogP contribution in [0.1, 0.15) is 28.7 Å². The number of benzene rings is 1. The maximum atomic E-state index is 12.4. The Kier molecular flexibility index (Phi) is 6.28. The van der Waals surface area contributed by atoms with Crippen molar-refractivity contribution in [1.82, 2.24) is 19.7 Å². The molecule has 0 fully saturated rings. The topological polar surface area (TPSA) is 140 Å². The number of aryl methyl sites for hydroxylation is 1. The van der Waals surface area contributed by atoms with Gasteiger partial charge < -0.3 is 15.4 Å². The Hall–Kier alpha value is -2.79. The van der Waals surface area contributed by atoms with Crippen LogP contribution in [0.15, 0.2) is 23.1 Å². The molecular weight excluding hydrogens is 372 g/mol. The molecule has 0 saturated carbocycles. The van der Waals surface area contributed by atoms with E-state index in [2.05, 4.69) is 19.7 Å². The van der Waals surface area contributed by atoms with Gasteiger partial charge in [0.1, 0.15) is 0 Å². The quantitative estimate of drug-likeness (QED) is 0.642. The smallest absolute Gasteiger partial charge is 0.338 e. The second-order valence-electron chi connectivity index (χ2n) is 5.86. The van der Waals surface area contributed by atoms with Crippen molar-refractivity contribution in [1.29, 1.82) is 0 Å². The molecule has 3 N–H and O–H groups in total. The summed E-state index contributed by atoms with van der Waals surface area (Å²) < 4.78 is 31.9. The fourth-order valence-corrected chi connectivity index (χ4v) is 3.23. The number of nitrogens with one attached hydrogen (secondary N) is 1. The van der Waals surface area contributed by atoms with E-state index in [9.17, 15) is 13.2 Å². The van der Waals surface area contributed by atoms with Gasteiger partial charge in [0.25, 0.3) is 0 Å². The monoisotopic (exact) mass is 394 g/mol. The number of nitrogen functional groups attached to an aromatic ring is 1. The van der Waals surface area contributed by atoms with Gasteiger partial charge >= 0.3 is 5.97 Å². The molecule has 0 aliphatic carbocycles. The van der Waals surface area contributed by atoms with Crippen LogP contribution in [0.4, 0.5) is 11.9 Å². The van der Waals surface area contributed by atoms with Crippen molar-refractivity contribution in [2.45, 2.75) is 25.3 Å². The van der Waals surface area contributed by atoms with Gasteiger partial charge in [0, 0.05) is 20.6 Å². The molecule has 0 saturated heterocycles. The lowest BCUT2D eigenvalue weighted by molar-refractivity contribution is 0.0461. The molecule has 0 aliphatic rings. The van der Waals surface area contributed by atoms with Crippen LogP contribution < -0.4 is 15.4 Å². The van der Waals surface area contributed by atoms with E-state index in [1.54, 1.807) is 38.9 Å². The van der Waals surface area contributed by atoms with E-state index in [1.165, 1.54) is 12.1 Å². The number of nitrogens with two attached hydrogens (primary N) is 1. The van der Waals surface area contributed by atoms with Crippen LogP contribution in [0.5, 0.6) is 0 Å². The third kappa shape index (κ3) is 5.11. The predicted molar refractivity (Wildman–Crippen MR) is 99.7 cm³/mol. The number of anilines is 2. The number of carbonyl (C=O) groups is 1. The second kappa shape index (κ2) is 8.27. The first-order valence-corrected chi connectivity index (χ1v) is 9.57. The molecule has 2 aromatic rings. The highest BCUT2D eigenvalue weighted by molar-refractivity contribution is 7.89. The average Bonchev–Trinajstić information content (AvgIpc) is 2.59. The fraction of sp³-hybridized carbons (Fsp3) is 0.375. The van der Waals surface area contributed by atoms with E-state index >= 15 is 0 Å². The summed E-state index contributed by atoms with van der Waals surface area (Å²) in [6.07, 6.45) is 0. The highest BCUT2D eigenvalue weighted by Crippen LogP contribution is 2.17. The Morgan fingerprint density at radius 2 is 1.96 bits per heavy atom. The molecular formula is C16H22N6O4S. The Morgan fingerprint density at radius 1 is 1.26 bits per heavy atom. The van der Waals surface area contributed by atoms with Crippen LogP contribution in [-0.4, -0.2) is 50.0 Å². The SMILES string of the molecule is CCNS(=O)(=O)c1ccc(C)c(C(=O)OCc2nc(N)nc(N(C)C)n2)c1. The zero-order chi connectivity index (χ0) is 20.2. The number of nitrogens with zero attached hydrogens (tertiary/aromatic N) is 4. The predicted octanol–water partition coefficient (Wildman–Crippen LogP) is 0.483. The Balaban J connectivity index is 2.22. The van der Waals surface area contributed by atoms with Gasteiger partial charge in [-0.05, 0) is 24.6 Å². The lowest BCUT2D eigenvalue weighted by Gasteiger charge is -2.12. The summed E-state index contributed by atoms with van der Waals surface area (Å²) in [4.78, 5) is 26.1. The van der Waals surface area contributed by atoms with Crippen LogP contribution in [-0.2, 0) is 21.4 Å². The Bertz CT molecular complexity index is 946. The molecule has 0 aliphatic heterocycles. The van der Waals surface area contributed by atoms with Crippen molar-refractivity contribution < 1.29 is 17.9 Å². The highest BCUT2D eigenvalue weighted by atomic mass is 32.2. The number of esters is 1. The summed E-state index contributed by atoms with van der Waals surface area (Å²) in [7, 11) is -0.203. The molecule has 1 heterocycles. The molecule has 0 radical (unpaired) electrons. The van der Waals surface area contributed by atoms with Gasteiger partial charge in [0.05, 0.1) is 10.5 Å². The van der Waals surface area contributed by atoms with E-state index < -0.39 is 16.0 Å². The molecule has 0 amide bonds. The lowest BCUT2D eigenvalue weighted by Crippen LogP contribution is -2.23. The summed E-state index contributed by atoms with van der Waals surface area (Å²) in [5.41, 5.74) is 6.36. The van der Waals surface area contributed by atoms with Crippen LogP contribution in [0, 0.1) is 6.92 Å². The lowest BCUT2D eigenvalue weighted by atomic mass is 10.1. The van der Waals surface area contributed by atoms with Crippen LogP contribution >= 0.6 is 0 Å². The molecule has 146 valence electrons. The second-order valence-corrected chi connectivity index (χ2v) is 7.63. The number of rotatable bonds is 7. The first-order chi connectivity index (χ1) is 12.6. The van der Waals surface area contributed by atoms with E-state index in [0.717, 1.165) is 0 Å². The van der Waals surface area contributed by atoms with Gasteiger partial charge in [-0.15, -0.1) is 0 Å². The molecule has 0 bridgehead atoms. The minimum absolute atomic E-state index is 0.00894. The van der Waals surface area contributed by atoms with Gasteiger partial charge in [-0.25, -0.2) is 17.9 Å². The maximum absolute atomic E-state index is 12.4. The van der Waals surface area contributed by atoms with Crippen molar-refractivity contribution in [2.24, 2.45) is 0 Å².